The Labute approximate surface area is 215 Å². The molecular weight excluding hydrogens is 468 g/mol. The van der Waals surface area contributed by atoms with Crippen molar-refractivity contribution in [3.05, 3.63) is 59.6 Å². The Bertz CT molecular complexity index is 1430. The second kappa shape index (κ2) is 10.3. The van der Waals surface area contributed by atoms with Gasteiger partial charge in [-0.1, -0.05) is 12.5 Å². The normalized spacial score (nSPS) is 14.6. The number of nitrogens with one attached hydrogen (secondary N) is 2. The number of H-pyrrole nitrogens is 2. The summed E-state index contributed by atoms with van der Waals surface area (Å²) in [5, 5.41) is 8.99. The van der Waals surface area contributed by atoms with Gasteiger partial charge < -0.3 is 19.5 Å². The van der Waals surface area contributed by atoms with Gasteiger partial charge in [-0.15, -0.1) is 11.3 Å². The van der Waals surface area contributed by atoms with Gasteiger partial charge in [-0.2, -0.15) is 5.10 Å². The van der Waals surface area contributed by atoms with E-state index in [4.69, 9.17) is 4.74 Å². The highest BCUT2D eigenvalue weighted by molar-refractivity contribution is 7.19. The summed E-state index contributed by atoms with van der Waals surface area (Å²) >= 11 is 1.77. The number of aromatic amines is 2. The van der Waals surface area contributed by atoms with Gasteiger partial charge in [0.15, 0.2) is 0 Å². The molecule has 36 heavy (non-hydrogen) atoms. The number of pyridine rings is 1. The van der Waals surface area contributed by atoms with Gasteiger partial charge in [0.05, 0.1) is 29.1 Å². The topological polar surface area (TPSA) is 73.1 Å². The van der Waals surface area contributed by atoms with Crippen LogP contribution in [0.25, 0.3) is 32.5 Å². The number of aromatic nitrogens is 4. The highest BCUT2D eigenvalue weighted by atomic mass is 32.1. The lowest BCUT2D eigenvalue weighted by molar-refractivity contribution is 0.205. The Kier molecular flexibility index (Phi) is 6.61. The van der Waals surface area contributed by atoms with E-state index in [9.17, 15) is 0 Å². The third kappa shape index (κ3) is 4.96. The van der Waals surface area contributed by atoms with E-state index in [2.05, 4.69) is 67.3 Å². The number of hydrogen-bond donors (Lipinski definition) is 2. The van der Waals surface area contributed by atoms with Crippen molar-refractivity contribution in [1.82, 2.24) is 25.1 Å². The number of benzene rings is 1. The Morgan fingerprint density at radius 1 is 1.06 bits per heavy atom. The number of likely N-dealkylation sites (tertiary alicyclic amines) is 1. The van der Waals surface area contributed by atoms with Crippen LogP contribution in [0.2, 0.25) is 0 Å². The van der Waals surface area contributed by atoms with Crippen molar-refractivity contribution in [2.75, 3.05) is 38.2 Å². The fourth-order valence-corrected chi connectivity index (χ4v) is 6.17. The van der Waals surface area contributed by atoms with Crippen molar-refractivity contribution in [3.8, 4) is 17.1 Å². The lowest BCUT2D eigenvalue weighted by atomic mass is 10.1. The van der Waals surface area contributed by atoms with Gasteiger partial charge in [0.25, 0.3) is 0 Å². The molecule has 1 fully saturated rings. The van der Waals surface area contributed by atoms with Gasteiger partial charge in [-0.25, -0.2) is 4.98 Å². The van der Waals surface area contributed by atoms with Crippen LogP contribution < -0.4 is 9.64 Å². The molecule has 0 spiro atoms. The molecule has 6 rings (SSSR count). The van der Waals surface area contributed by atoms with E-state index in [1.54, 1.807) is 11.3 Å². The summed E-state index contributed by atoms with van der Waals surface area (Å²) in [5.41, 5.74) is 4.11. The number of piperidine rings is 1. The maximum Gasteiger partial charge on any atom is 0.128 e. The molecule has 5 heterocycles. The minimum Gasteiger partial charge on any atom is -0.493 e. The Hall–Kier alpha value is -3.36. The zero-order valence-corrected chi connectivity index (χ0v) is 21.5. The van der Waals surface area contributed by atoms with Crippen LogP contribution in [0, 0.1) is 0 Å². The van der Waals surface area contributed by atoms with E-state index < -0.39 is 0 Å². The summed E-state index contributed by atoms with van der Waals surface area (Å²) in [4.78, 5) is 14.0. The van der Waals surface area contributed by atoms with E-state index >= 15 is 0 Å². The van der Waals surface area contributed by atoms with E-state index in [1.165, 1.54) is 41.9 Å². The zero-order valence-electron chi connectivity index (χ0n) is 20.7. The average Bonchev–Trinajstić information content (AvgIpc) is 3.61. The van der Waals surface area contributed by atoms with Gasteiger partial charge in [0.2, 0.25) is 0 Å². The number of rotatable bonds is 9. The van der Waals surface area contributed by atoms with Crippen molar-refractivity contribution in [3.63, 3.8) is 0 Å². The number of ether oxygens (including phenoxy) is 1. The first-order valence-electron chi connectivity index (χ1n) is 12.8. The molecule has 0 radical (unpaired) electrons. The fraction of sp³-hybridized carbons (Fsp3) is 0.357. The van der Waals surface area contributed by atoms with Crippen LogP contribution in [0.1, 0.15) is 30.6 Å². The summed E-state index contributed by atoms with van der Waals surface area (Å²) in [5.74, 6) is 1.88. The fourth-order valence-electron chi connectivity index (χ4n) is 5.01. The predicted octanol–water partition coefficient (Wildman–Crippen LogP) is 6.06. The molecule has 8 heteroatoms. The van der Waals surface area contributed by atoms with Crippen molar-refractivity contribution in [1.29, 1.82) is 0 Å². The summed E-state index contributed by atoms with van der Waals surface area (Å²) in [7, 11) is 2.07. The van der Waals surface area contributed by atoms with Gasteiger partial charge in [-0.05, 0) is 68.8 Å². The van der Waals surface area contributed by atoms with Gasteiger partial charge in [0, 0.05) is 41.6 Å². The van der Waals surface area contributed by atoms with Crippen LogP contribution in [0.15, 0.2) is 54.7 Å². The molecule has 7 nitrogen and oxygen atoms in total. The average molecular weight is 501 g/mol. The highest BCUT2D eigenvalue weighted by Gasteiger charge is 2.16. The number of anilines is 1. The third-order valence-electron chi connectivity index (χ3n) is 6.90. The van der Waals surface area contributed by atoms with Crippen LogP contribution in [0.3, 0.4) is 0 Å². The number of fused-ring (bicyclic) bond motifs is 2. The highest BCUT2D eigenvalue weighted by Crippen LogP contribution is 2.35. The molecule has 0 amide bonds. The summed E-state index contributed by atoms with van der Waals surface area (Å²) in [6, 6.07) is 16.6. The molecule has 0 atom stereocenters. The SMILES string of the molecule is CN(Cc1cc2[nH]nc(-c3cc4ccc(OCCCN5CCCCC5)cc4[nH]3)c2s1)c1ccccn1. The first kappa shape index (κ1) is 23.1. The molecule has 1 aromatic carbocycles. The summed E-state index contributed by atoms with van der Waals surface area (Å²) < 4.78 is 7.24. The van der Waals surface area contributed by atoms with Gasteiger partial charge in [-0.3, -0.25) is 5.10 Å². The second-order valence-electron chi connectivity index (χ2n) is 9.61. The van der Waals surface area contributed by atoms with E-state index in [1.807, 2.05) is 24.4 Å². The molecule has 0 saturated carbocycles. The van der Waals surface area contributed by atoms with Crippen LogP contribution in [0.5, 0.6) is 5.75 Å². The van der Waals surface area contributed by atoms with E-state index in [-0.39, 0.29) is 0 Å². The van der Waals surface area contributed by atoms with Crippen molar-refractivity contribution in [2.45, 2.75) is 32.2 Å². The largest absolute Gasteiger partial charge is 0.493 e. The number of hydrogen-bond acceptors (Lipinski definition) is 6. The molecule has 1 aliphatic rings. The lowest BCUT2D eigenvalue weighted by Gasteiger charge is -2.26. The number of nitrogens with zero attached hydrogens (tertiary/aromatic N) is 4. The molecule has 2 N–H and O–H groups in total. The summed E-state index contributed by atoms with van der Waals surface area (Å²) in [6.07, 6.45) is 6.95. The molecule has 186 valence electrons. The van der Waals surface area contributed by atoms with Crippen molar-refractivity contribution >= 4 is 38.3 Å². The zero-order chi connectivity index (χ0) is 24.3. The molecule has 0 aliphatic carbocycles. The molecule has 0 unspecified atom stereocenters. The Balaban J connectivity index is 1.14. The molecular formula is C28H32N6OS. The van der Waals surface area contributed by atoms with Gasteiger partial charge >= 0.3 is 0 Å². The van der Waals surface area contributed by atoms with E-state index in [0.717, 1.165) is 65.5 Å². The monoisotopic (exact) mass is 500 g/mol. The number of thiophene rings is 1. The molecule has 4 aromatic heterocycles. The second-order valence-corrected chi connectivity index (χ2v) is 10.7. The maximum absolute atomic E-state index is 6.08. The van der Waals surface area contributed by atoms with Crippen molar-refractivity contribution in [2.24, 2.45) is 0 Å². The Morgan fingerprint density at radius 2 is 1.97 bits per heavy atom. The first-order chi connectivity index (χ1) is 17.7. The van der Waals surface area contributed by atoms with Crippen molar-refractivity contribution < 1.29 is 4.74 Å². The minimum atomic E-state index is 0.750. The van der Waals surface area contributed by atoms with Crippen LogP contribution in [-0.4, -0.2) is 58.4 Å². The lowest BCUT2D eigenvalue weighted by Crippen LogP contribution is -2.31. The van der Waals surface area contributed by atoms with Crippen LogP contribution >= 0.6 is 11.3 Å². The molecule has 5 aromatic rings. The summed E-state index contributed by atoms with van der Waals surface area (Å²) in [6.45, 7) is 5.16. The third-order valence-corrected chi connectivity index (χ3v) is 8.03. The standard InChI is InChI=1S/C28H32N6OS/c1-33(26-8-3-4-11-29-26)19-22-18-25-28(36-22)27(32-31-25)24-16-20-9-10-21(17-23(20)30-24)35-15-7-14-34-12-5-2-6-13-34/h3-4,8-11,16-18,30H,2,5-7,12-15,19H2,1H3,(H,31,32). The maximum atomic E-state index is 6.08. The minimum absolute atomic E-state index is 0.750. The first-order valence-corrected chi connectivity index (χ1v) is 13.6. The van der Waals surface area contributed by atoms with Crippen LogP contribution in [0.4, 0.5) is 5.82 Å². The van der Waals surface area contributed by atoms with E-state index in [0.29, 0.717) is 0 Å². The predicted molar refractivity (Wildman–Crippen MR) is 148 cm³/mol. The smallest absolute Gasteiger partial charge is 0.128 e. The molecule has 1 saturated heterocycles. The quantitative estimate of drug-likeness (QED) is 0.241. The van der Waals surface area contributed by atoms with Crippen LogP contribution in [-0.2, 0) is 6.54 Å². The molecule has 1 aliphatic heterocycles. The Morgan fingerprint density at radius 3 is 2.83 bits per heavy atom. The van der Waals surface area contributed by atoms with Gasteiger partial charge in [0.1, 0.15) is 17.3 Å². The molecule has 0 bridgehead atoms.